The van der Waals surface area contributed by atoms with Gasteiger partial charge in [0.25, 0.3) is 5.91 Å². The van der Waals surface area contributed by atoms with Crippen molar-refractivity contribution in [3.05, 3.63) is 0 Å². The van der Waals surface area contributed by atoms with E-state index in [1.165, 1.54) is 0 Å². The number of hydrogen-bond acceptors (Lipinski definition) is 4. The van der Waals surface area contributed by atoms with E-state index in [1.54, 1.807) is 20.8 Å². The largest absolute Gasteiger partial charge is 0.411 e. The first-order valence-electron chi connectivity index (χ1n) is 4.21. The van der Waals surface area contributed by atoms with Crippen molar-refractivity contribution in [3.63, 3.8) is 0 Å². The van der Waals surface area contributed by atoms with Gasteiger partial charge in [-0.15, -0.1) is 11.6 Å². The minimum Gasteiger partial charge on any atom is -0.411 e. The van der Waals surface area contributed by atoms with Crippen molar-refractivity contribution in [3.8, 4) is 0 Å². The molecule has 0 saturated heterocycles. The molecule has 0 aliphatic heterocycles. The van der Waals surface area contributed by atoms with Gasteiger partial charge < -0.3 is 5.21 Å². The highest BCUT2D eigenvalue weighted by Gasteiger charge is 2.34. The minimum atomic E-state index is -1.05. The number of carbonyl (C=O) groups is 1. The minimum absolute atomic E-state index is 0.304. The van der Waals surface area contributed by atoms with Gasteiger partial charge in [0.2, 0.25) is 0 Å². The van der Waals surface area contributed by atoms with Crippen LogP contribution in [0.1, 0.15) is 27.2 Å². The fourth-order valence-electron chi connectivity index (χ4n) is 1.12. The molecule has 0 aliphatic rings. The molecule has 0 aromatic rings. The number of rotatable bonds is 4. The molecule has 6 heteroatoms. The second-order valence-electron chi connectivity index (χ2n) is 3.30. The predicted molar refractivity (Wildman–Crippen MR) is 52.9 cm³/mol. The number of hydroxylamine groups is 2. The molecule has 14 heavy (non-hydrogen) atoms. The fraction of sp³-hybridized carbons (Fsp3) is 0.750. The molecule has 5 nitrogen and oxygen atoms in total. The molecule has 0 aromatic heterocycles. The maximum atomic E-state index is 11.1. The lowest BCUT2D eigenvalue weighted by molar-refractivity contribution is -0.177. The van der Waals surface area contributed by atoms with E-state index in [4.69, 9.17) is 16.8 Å². The molecule has 0 spiro atoms. The summed E-state index contributed by atoms with van der Waals surface area (Å²) in [4.78, 5) is 11.1. The lowest BCUT2D eigenvalue weighted by atomic mass is 9.95. The quantitative estimate of drug-likeness (QED) is 0.249. The van der Waals surface area contributed by atoms with Crippen LogP contribution in [-0.2, 0) is 4.79 Å². The average molecular weight is 223 g/mol. The van der Waals surface area contributed by atoms with Crippen LogP contribution in [0.2, 0.25) is 0 Å². The molecule has 0 aromatic carbocycles. The van der Waals surface area contributed by atoms with Crippen molar-refractivity contribution < 1.29 is 15.2 Å². The summed E-state index contributed by atoms with van der Waals surface area (Å²) in [5, 5.41) is 21.7. The van der Waals surface area contributed by atoms with Gasteiger partial charge in [0, 0.05) is 0 Å². The van der Waals surface area contributed by atoms with Gasteiger partial charge in [-0.3, -0.25) is 10.0 Å². The molecule has 0 unspecified atom stereocenters. The van der Waals surface area contributed by atoms with Gasteiger partial charge in [-0.05, 0) is 20.3 Å². The van der Waals surface area contributed by atoms with Crippen LogP contribution in [0.3, 0.4) is 0 Å². The normalized spacial score (nSPS) is 12.8. The number of carbonyl (C=O) groups excluding carboxylic acids is 1. The van der Waals surface area contributed by atoms with Crippen LogP contribution in [0.25, 0.3) is 0 Å². The van der Waals surface area contributed by atoms with Gasteiger partial charge in [0.15, 0.2) is 0 Å². The third-order valence-corrected chi connectivity index (χ3v) is 2.27. The zero-order chi connectivity index (χ0) is 11.4. The number of halogens is 1. The smallest absolute Gasteiger partial charge is 0.261 e. The van der Waals surface area contributed by atoms with Gasteiger partial charge in [-0.1, -0.05) is 12.1 Å². The summed E-state index contributed by atoms with van der Waals surface area (Å²) in [6.45, 7) is 4.89. The Labute approximate surface area is 87.9 Å². The van der Waals surface area contributed by atoms with Gasteiger partial charge in [-0.25, -0.2) is 5.06 Å². The van der Waals surface area contributed by atoms with E-state index >= 15 is 0 Å². The van der Waals surface area contributed by atoms with E-state index in [0.717, 1.165) is 0 Å². The SMILES string of the molecule is CC/C(=N\O)C(C)(C)N(O)C(=O)CCl. The first-order valence-corrected chi connectivity index (χ1v) is 4.74. The number of amides is 1. The van der Waals surface area contributed by atoms with Crippen molar-refractivity contribution in [1.82, 2.24) is 5.06 Å². The second kappa shape index (κ2) is 5.17. The molecule has 0 radical (unpaired) electrons. The molecule has 0 fully saturated rings. The molecule has 0 bridgehead atoms. The Bertz CT molecular complexity index is 241. The molecule has 82 valence electrons. The molecule has 2 N–H and O–H groups in total. The number of hydrogen-bond donors (Lipinski definition) is 2. The van der Waals surface area contributed by atoms with Crippen LogP contribution in [-0.4, -0.2) is 38.5 Å². The van der Waals surface area contributed by atoms with Crippen molar-refractivity contribution in [2.75, 3.05) is 5.88 Å². The summed E-state index contributed by atoms with van der Waals surface area (Å²) >= 11 is 5.29. The summed E-state index contributed by atoms with van der Waals surface area (Å²) in [7, 11) is 0. The Balaban J connectivity index is 4.84. The van der Waals surface area contributed by atoms with Crippen molar-refractivity contribution in [2.24, 2.45) is 5.16 Å². The van der Waals surface area contributed by atoms with E-state index in [1.807, 2.05) is 0 Å². The highest BCUT2D eigenvalue weighted by Crippen LogP contribution is 2.17. The lowest BCUT2D eigenvalue weighted by Crippen LogP contribution is -2.51. The Morgan fingerprint density at radius 3 is 2.36 bits per heavy atom. The van der Waals surface area contributed by atoms with Crippen LogP contribution in [0.4, 0.5) is 0 Å². The van der Waals surface area contributed by atoms with Gasteiger partial charge in [0.05, 0.1) is 5.71 Å². The van der Waals surface area contributed by atoms with Crippen LogP contribution in [0.15, 0.2) is 5.16 Å². The molecule has 0 heterocycles. The standard InChI is InChI=1S/C8H15ClN2O3/c1-4-6(10-13)8(2,3)11(14)7(12)5-9/h13-14H,4-5H2,1-3H3/b10-6+. The lowest BCUT2D eigenvalue weighted by Gasteiger charge is -2.32. The topological polar surface area (TPSA) is 73.1 Å². The van der Waals surface area contributed by atoms with Gasteiger partial charge in [0.1, 0.15) is 11.4 Å². The number of oxime groups is 1. The Morgan fingerprint density at radius 2 is 2.07 bits per heavy atom. The molecule has 0 saturated carbocycles. The van der Waals surface area contributed by atoms with Gasteiger partial charge in [-0.2, -0.15) is 0 Å². The highest BCUT2D eigenvalue weighted by atomic mass is 35.5. The summed E-state index contributed by atoms with van der Waals surface area (Å²) in [5.74, 6) is -0.950. The zero-order valence-electron chi connectivity index (χ0n) is 8.49. The average Bonchev–Trinajstić information content (AvgIpc) is 2.16. The van der Waals surface area contributed by atoms with Crippen LogP contribution in [0, 0.1) is 0 Å². The van der Waals surface area contributed by atoms with Gasteiger partial charge >= 0.3 is 0 Å². The summed E-state index contributed by atoms with van der Waals surface area (Å²) in [5.41, 5.74) is -0.742. The fourth-order valence-corrected chi connectivity index (χ4v) is 1.23. The van der Waals surface area contributed by atoms with Crippen molar-refractivity contribution >= 4 is 23.2 Å². The molecular formula is C8H15ClN2O3. The Kier molecular flexibility index (Phi) is 4.87. The van der Waals surface area contributed by atoms with Crippen molar-refractivity contribution in [2.45, 2.75) is 32.7 Å². The second-order valence-corrected chi connectivity index (χ2v) is 3.57. The molecule has 1 amide bonds. The van der Waals surface area contributed by atoms with E-state index in [2.05, 4.69) is 5.16 Å². The van der Waals surface area contributed by atoms with Crippen molar-refractivity contribution in [1.29, 1.82) is 0 Å². The highest BCUT2D eigenvalue weighted by molar-refractivity contribution is 6.27. The van der Waals surface area contributed by atoms with Crippen LogP contribution < -0.4 is 0 Å². The van der Waals surface area contributed by atoms with Crippen LogP contribution >= 0.6 is 11.6 Å². The van der Waals surface area contributed by atoms with E-state index < -0.39 is 11.4 Å². The monoisotopic (exact) mass is 222 g/mol. The number of alkyl halides is 1. The summed E-state index contributed by atoms with van der Waals surface area (Å²) in [6, 6.07) is 0. The molecule has 0 rings (SSSR count). The Morgan fingerprint density at radius 1 is 1.57 bits per heavy atom. The predicted octanol–water partition coefficient (Wildman–Crippen LogP) is 1.46. The summed E-state index contributed by atoms with van der Waals surface area (Å²) < 4.78 is 0. The molecular weight excluding hydrogens is 208 g/mol. The third kappa shape index (κ3) is 2.59. The number of nitrogens with zero attached hydrogens (tertiary/aromatic N) is 2. The Hall–Kier alpha value is -0.810. The maximum Gasteiger partial charge on any atom is 0.261 e. The zero-order valence-corrected chi connectivity index (χ0v) is 9.25. The first kappa shape index (κ1) is 13.2. The molecule has 0 aliphatic carbocycles. The third-order valence-electron chi connectivity index (χ3n) is 2.04. The maximum absolute atomic E-state index is 11.1. The van der Waals surface area contributed by atoms with E-state index in [-0.39, 0.29) is 5.88 Å². The van der Waals surface area contributed by atoms with E-state index in [9.17, 15) is 10.0 Å². The van der Waals surface area contributed by atoms with E-state index in [0.29, 0.717) is 17.2 Å². The molecule has 0 atom stereocenters. The van der Waals surface area contributed by atoms with Crippen LogP contribution in [0.5, 0.6) is 0 Å². The first-order chi connectivity index (χ1) is 6.41. The summed E-state index contributed by atoms with van der Waals surface area (Å²) in [6.07, 6.45) is 0.427.